The number of sulfonamides is 1. The Balaban J connectivity index is 2.16. The summed E-state index contributed by atoms with van der Waals surface area (Å²) in [5, 5.41) is 0.989. The molecule has 0 saturated carbocycles. The van der Waals surface area contributed by atoms with Crippen molar-refractivity contribution >= 4 is 38.8 Å². The number of nitrogens with zero attached hydrogens (tertiary/aromatic N) is 2. The molecule has 0 fully saturated rings. The molecule has 0 saturated heterocycles. The lowest BCUT2D eigenvalue weighted by molar-refractivity contribution is 0.581. The van der Waals surface area contributed by atoms with E-state index in [4.69, 9.17) is 17.3 Å². The van der Waals surface area contributed by atoms with Crippen molar-refractivity contribution in [3.05, 3.63) is 33.4 Å². The molecule has 0 aliphatic rings. The quantitative estimate of drug-likeness (QED) is 0.891. The molecule has 0 unspecified atom stereocenters. The first-order chi connectivity index (χ1) is 8.88. The summed E-state index contributed by atoms with van der Waals surface area (Å²) < 4.78 is 26.5. The average Bonchev–Trinajstić information content (AvgIpc) is 2.76. The fourth-order valence-electron chi connectivity index (χ4n) is 1.31. The van der Waals surface area contributed by atoms with Gasteiger partial charge < -0.3 is 5.73 Å². The third-order valence-corrected chi connectivity index (χ3v) is 4.84. The molecule has 0 aliphatic heterocycles. The van der Waals surface area contributed by atoms with E-state index in [-0.39, 0.29) is 22.3 Å². The Kier molecular flexibility index (Phi) is 4.04. The molecule has 0 radical (unpaired) electrons. The van der Waals surface area contributed by atoms with Gasteiger partial charge in [0.05, 0.1) is 10.0 Å². The maximum absolute atomic E-state index is 12.0. The number of pyridine rings is 1. The number of nitrogen functional groups attached to an aromatic ring is 1. The monoisotopic (exact) mass is 318 g/mol. The van der Waals surface area contributed by atoms with Gasteiger partial charge in [0, 0.05) is 23.8 Å². The zero-order chi connectivity index (χ0) is 14.0. The Hall–Kier alpha value is -1.22. The smallest absolute Gasteiger partial charge is 0.242 e. The third-order valence-electron chi connectivity index (χ3n) is 2.26. The maximum atomic E-state index is 12.0. The highest BCUT2D eigenvalue weighted by molar-refractivity contribution is 7.89. The fraction of sp³-hybridized carbons (Fsp3) is 0.200. The van der Waals surface area contributed by atoms with Crippen LogP contribution in [-0.2, 0) is 16.6 Å². The van der Waals surface area contributed by atoms with Crippen LogP contribution in [0.2, 0.25) is 5.02 Å². The SMILES string of the molecule is Cc1ncc(CNS(=O)(=O)c2cnc(N)c(Cl)c2)s1. The number of aryl methyl sites for hydroxylation is 1. The van der Waals surface area contributed by atoms with Gasteiger partial charge in [-0.2, -0.15) is 0 Å². The van der Waals surface area contributed by atoms with E-state index in [1.54, 1.807) is 6.20 Å². The number of nitrogens with two attached hydrogens (primary N) is 1. The normalized spacial score (nSPS) is 11.7. The molecule has 0 aromatic carbocycles. The molecule has 0 atom stereocenters. The van der Waals surface area contributed by atoms with Gasteiger partial charge in [0.1, 0.15) is 10.7 Å². The molecular weight excluding hydrogens is 308 g/mol. The van der Waals surface area contributed by atoms with E-state index >= 15 is 0 Å². The highest BCUT2D eigenvalue weighted by Gasteiger charge is 2.16. The zero-order valence-electron chi connectivity index (χ0n) is 9.92. The van der Waals surface area contributed by atoms with Crippen LogP contribution in [0.1, 0.15) is 9.88 Å². The zero-order valence-corrected chi connectivity index (χ0v) is 12.3. The minimum Gasteiger partial charge on any atom is -0.382 e. The van der Waals surface area contributed by atoms with Gasteiger partial charge in [-0.25, -0.2) is 23.1 Å². The summed E-state index contributed by atoms with van der Waals surface area (Å²) in [6.45, 7) is 2.03. The molecule has 0 spiro atoms. The number of hydrogen-bond acceptors (Lipinski definition) is 6. The molecule has 2 aromatic rings. The molecule has 19 heavy (non-hydrogen) atoms. The van der Waals surface area contributed by atoms with Crippen LogP contribution in [0.15, 0.2) is 23.4 Å². The van der Waals surface area contributed by atoms with Crippen LogP contribution in [0, 0.1) is 6.92 Å². The summed E-state index contributed by atoms with van der Waals surface area (Å²) in [6.07, 6.45) is 2.80. The molecule has 3 N–H and O–H groups in total. The predicted molar refractivity (Wildman–Crippen MR) is 74.5 cm³/mol. The predicted octanol–water partition coefficient (Wildman–Crippen LogP) is 1.56. The summed E-state index contributed by atoms with van der Waals surface area (Å²) in [5.74, 6) is 0.0960. The summed E-state index contributed by atoms with van der Waals surface area (Å²) >= 11 is 7.18. The molecule has 2 rings (SSSR count). The van der Waals surface area contributed by atoms with Gasteiger partial charge >= 0.3 is 0 Å². The van der Waals surface area contributed by atoms with Crippen molar-refractivity contribution < 1.29 is 8.42 Å². The standard InChI is InChI=1S/C10H11ClN4O2S2/c1-6-13-3-7(18-6)4-15-19(16,17)8-2-9(11)10(12)14-5-8/h2-3,5,15H,4H2,1H3,(H2,12,14). The van der Waals surface area contributed by atoms with Gasteiger partial charge in [0.15, 0.2) is 0 Å². The van der Waals surface area contributed by atoms with Gasteiger partial charge in [0.25, 0.3) is 0 Å². The summed E-state index contributed by atoms with van der Waals surface area (Å²) in [4.78, 5) is 8.58. The molecule has 6 nitrogen and oxygen atoms in total. The Morgan fingerprint density at radius 2 is 2.16 bits per heavy atom. The van der Waals surface area contributed by atoms with Gasteiger partial charge in [-0.3, -0.25) is 0 Å². The van der Waals surface area contributed by atoms with Crippen LogP contribution < -0.4 is 10.5 Å². The van der Waals surface area contributed by atoms with Crippen molar-refractivity contribution in [2.45, 2.75) is 18.4 Å². The van der Waals surface area contributed by atoms with Gasteiger partial charge in [-0.05, 0) is 13.0 Å². The van der Waals surface area contributed by atoms with E-state index in [0.29, 0.717) is 0 Å². The number of anilines is 1. The highest BCUT2D eigenvalue weighted by atomic mass is 35.5. The van der Waals surface area contributed by atoms with Crippen molar-refractivity contribution in [2.24, 2.45) is 0 Å². The van der Waals surface area contributed by atoms with E-state index in [9.17, 15) is 8.42 Å². The van der Waals surface area contributed by atoms with Crippen molar-refractivity contribution in [3.63, 3.8) is 0 Å². The third kappa shape index (κ3) is 3.41. The van der Waals surface area contributed by atoms with E-state index in [1.807, 2.05) is 6.92 Å². The van der Waals surface area contributed by atoms with Crippen molar-refractivity contribution in [1.29, 1.82) is 0 Å². The Morgan fingerprint density at radius 1 is 1.42 bits per heavy atom. The molecule has 9 heteroatoms. The van der Waals surface area contributed by atoms with Crippen molar-refractivity contribution in [3.8, 4) is 0 Å². The summed E-state index contributed by atoms with van der Waals surface area (Å²) in [6, 6.07) is 1.27. The highest BCUT2D eigenvalue weighted by Crippen LogP contribution is 2.20. The first-order valence-electron chi connectivity index (χ1n) is 5.20. The Labute approximate surface area is 119 Å². The van der Waals surface area contributed by atoms with Crippen LogP contribution in [-0.4, -0.2) is 18.4 Å². The second-order valence-electron chi connectivity index (χ2n) is 3.71. The van der Waals surface area contributed by atoms with Crippen LogP contribution >= 0.6 is 22.9 Å². The second kappa shape index (κ2) is 5.41. The fourth-order valence-corrected chi connectivity index (χ4v) is 3.35. The van der Waals surface area contributed by atoms with E-state index in [0.717, 1.165) is 9.88 Å². The molecule has 102 valence electrons. The summed E-state index contributed by atoms with van der Waals surface area (Å²) in [7, 11) is -3.66. The van der Waals surface area contributed by atoms with E-state index < -0.39 is 10.0 Å². The number of hydrogen-bond donors (Lipinski definition) is 2. The maximum Gasteiger partial charge on any atom is 0.242 e. The average molecular weight is 319 g/mol. The number of nitrogens with one attached hydrogen (secondary N) is 1. The van der Waals surface area contributed by atoms with Gasteiger partial charge in [0.2, 0.25) is 10.0 Å². The second-order valence-corrected chi connectivity index (χ2v) is 7.20. The lowest BCUT2D eigenvalue weighted by atomic mass is 10.5. The van der Waals surface area contributed by atoms with Crippen molar-refractivity contribution in [1.82, 2.24) is 14.7 Å². The Morgan fingerprint density at radius 3 is 2.74 bits per heavy atom. The van der Waals surface area contributed by atoms with Gasteiger partial charge in [-0.15, -0.1) is 11.3 Å². The lowest BCUT2D eigenvalue weighted by Gasteiger charge is -2.06. The van der Waals surface area contributed by atoms with Crippen LogP contribution in [0.25, 0.3) is 0 Å². The Bertz CT molecular complexity index is 699. The molecule has 0 amide bonds. The van der Waals surface area contributed by atoms with Crippen LogP contribution in [0.5, 0.6) is 0 Å². The first kappa shape index (κ1) is 14.2. The van der Waals surface area contributed by atoms with E-state index in [1.165, 1.54) is 23.6 Å². The minimum absolute atomic E-state index is 0.0204. The molecular formula is C10H11ClN4O2S2. The van der Waals surface area contributed by atoms with Crippen LogP contribution in [0.3, 0.4) is 0 Å². The minimum atomic E-state index is -3.66. The number of rotatable bonds is 4. The van der Waals surface area contributed by atoms with Crippen LogP contribution in [0.4, 0.5) is 5.82 Å². The van der Waals surface area contributed by atoms with Gasteiger partial charge in [-0.1, -0.05) is 11.6 Å². The van der Waals surface area contributed by atoms with Crippen molar-refractivity contribution in [2.75, 3.05) is 5.73 Å². The molecule has 0 aliphatic carbocycles. The number of aromatic nitrogens is 2. The number of halogens is 1. The number of thiazole rings is 1. The molecule has 2 aromatic heterocycles. The lowest BCUT2D eigenvalue weighted by Crippen LogP contribution is -2.23. The largest absolute Gasteiger partial charge is 0.382 e. The summed E-state index contributed by atoms with van der Waals surface area (Å²) in [5.41, 5.74) is 5.43. The molecule has 0 bridgehead atoms. The first-order valence-corrected chi connectivity index (χ1v) is 7.88. The topological polar surface area (TPSA) is 98.0 Å². The van der Waals surface area contributed by atoms with E-state index in [2.05, 4.69) is 14.7 Å². The molecule has 2 heterocycles.